The van der Waals surface area contributed by atoms with E-state index in [0.717, 1.165) is 26.4 Å². The smallest absolute Gasteiger partial charge is 0.303 e. The summed E-state index contributed by atoms with van der Waals surface area (Å²) >= 11 is 7.89. The standard InChI is InChI=1S/C21H20ClNO4S/c1-3-27-17-12-13(11-15(22)20(17)26-2)10-14(8-9-19(24)25)21-23-16-6-4-5-7-18(16)28-21/h4-7,10-12H,3,8-9H2,1-2H3,(H,24,25)/b14-10+. The fraction of sp³-hybridized carbons (Fsp3) is 0.238. The monoisotopic (exact) mass is 417 g/mol. The normalized spacial score (nSPS) is 11.6. The minimum Gasteiger partial charge on any atom is -0.491 e. The van der Waals surface area contributed by atoms with Crippen molar-refractivity contribution in [2.24, 2.45) is 0 Å². The van der Waals surface area contributed by atoms with E-state index in [0.29, 0.717) is 29.5 Å². The molecular weight excluding hydrogens is 398 g/mol. The van der Waals surface area contributed by atoms with Gasteiger partial charge in [-0.15, -0.1) is 11.3 Å². The highest BCUT2D eigenvalue weighted by molar-refractivity contribution is 7.19. The number of carboxylic acids is 1. The summed E-state index contributed by atoms with van der Waals surface area (Å²) in [5, 5.41) is 10.4. The molecule has 0 spiro atoms. The van der Waals surface area contributed by atoms with Gasteiger partial charge in [-0.3, -0.25) is 4.79 Å². The van der Waals surface area contributed by atoms with Gasteiger partial charge in [0.15, 0.2) is 11.5 Å². The number of benzene rings is 2. The summed E-state index contributed by atoms with van der Waals surface area (Å²) in [7, 11) is 1.54. The third kappa shape index (κ3) is 4.64. The highest BCUT2D eigenvalue weighted by Gasteiger charge is 2.14. The average Bonchev–Trinajstić information content (AvgIpc) is 3.09. The molecule has 5 nitrogen and oxygen atoms in total. The Bertz CT molecular complexity index is 995. The predicted molar refractivity (Wildman–Crippen MR) is 114 cm³/mol. The van der Waals surface area contributed by atoms with Crippen LogP contribution in [0.15, 0.2) is 36.4 Å². The lowest BCUT2D eigenvalue weighted by atomic mass is 10.1. The van der Waals surface area contributed by atoms with Gasteiger partial charge < -0.3 is 14.6 Å². The lowest BCUT2D eigenvalue weighted by Gasteiger charge is -2.12. The van der Waals surface area contributed by atoms with Gasteiger partial charge in [0.1, 0.15) is 5.01 Å². The van der Waals surface area contributed by atoms with E-state index in [2.05, 4.69) is 4.98 Å². The second-order valence-electron chi connectivity index (χ2n) is 6.02. The molecule has 1 aromatic heterocycles. The van der Waals surface area contributed by atoms with Crippen molar-refractivity contribution in [3.05, 3.63) is 52.0 Å². The summed E-state index contributed by atoms with van der Waals surface area (Å²) in [4.78, 5) is 15.8. The van der Waals surface area contributed by atoms with Crippen LogP contribution in [0.4, 0.5) is 0 Å². The number of halogens is 1. The number of fused-ring (bicyclic) bond motifs is 1. The molecule has 0 aliphatic rings. The molecule has 0 aliphatic heterocycles. The summed E-state index contributed by atoms with van der Waals surface area (Å²) < 4.78 is 12.0. The molecule has 7 heteroatoms. The molecule has 3 rings (SSSR count). The van der Waals surface area contributed by atoms with Gasteiger partial charge in [0.05, 0.1) is 29.0 Å². The van der Waals surface area contributed by atoms with Crippen LogP contribution in [-0.4, -0.2) is 29.8 Å². The lowest BCUT2D eigenvalue weighted by Crippen LogP contribution is -1.97. The predicted octanol–water partition coefficient (Wildman–Crippen LogP) is 5.76. The van der Waals surface area contributed by atoms with Crippen LogP contribution in [0.1, 0.15) is 30.3 Å². The van der Waals surface area contributed by atoms with E-state index in [1.165, 1.54) is 0 Å². The van der Waals surface area contributed by atoms with Crippen LogP contribution in [0, 0.1) is 0 Å². The van der Waals surface area contributed by atoms with Crippen molar-refractivity contribution < 1.29 is 19.4 Å². The van der Waals surface area contributed by atoms with E-state index in [4.69, 9.17) is 26.2 Å². The SMILES string of the molecule is CCOc1cc(/C=C(\CCC(=O)O)c2nc3ccccc3s2)cc(Cl)c1OC. The van der Waals surface area contributed by atoms with E-state index in [1.54, 1.807) is 24.5 Å². The van der Waals surface area contributed by atoms with E-state index < -0.39 is 5.97 Å². The first kappa shape index (κ1) is 20.2. The van der Waals surface area contributed by atoms with Gasteiger partial charge in [0.2, 0.25) is 0 Å². The molecule has 0 bridgehead atoms. The maximum Gasteiger partial charge on any atom is 0.303 e. The number of nitrogens with zero attached hydrogens (tertiary/aromatic N) is 1. The summed E-state index contributed by atoms with van der Waals surface area (Å²) in [6.45, 7) is 2.36. The number of rotatable bonds is 8. The van der Waals surface area contributed by atoms with Gasteiger partial charge in [0, 0.05) is 6.42 Å². The molecule has 0 aliphatic carbocycles. The Labute approximate surface area is 172 Å². The van der Waals surface area contributed by atoms with Crippen LogP contribution in [0.2, 0.25) is 5.02 Å². The molecule has 1 heterocycles. The Morgan fingerprint density at radius 3 is 2.75 bits per heavy atom. The highest BCUT2D eigenvalue weighted by atomic mass is 35.5. The van der Waals surface area contributed by atoms with E-state index in [9.17, 15) is 4.79 Å². The number of hydrogen-bond acceptors (Lipinski definition) is 5. The van der Waals surface area contributed by atoms with Crippen molar-refractivity contribution in [3.8, 4) is 11.5 Å². The van der Waals surface area contributed by atoms with Gasteiger partial charge in [-0.1, -0.05) is 23.7 Å². The zero-order valence-electron chi connectivity index (χ0n) is 15.6. The average molecular weight is 418 g/mol. The molecule has 0 radical (unpaired) electrons. The van der Waals surface area contributed by atoms with Crippen LogP contribution in [-0.2, 0) is 4.79 Å². The minimum absolute atomic E-state index is 0.0178. The minimum atomic E-state index is -0.852. The van der Waals surface area contributed by atoms with Gasteiger partial charge in [-0.2, -0.15) is 0 Å². The van der Waals surface area contributed by atoms with Crippen LogP contribution in [0.3, 0.4) is 0 Å². The van der Waals surface area contributed by atoms with Crippen molar-refractivity contribution in [2.75, 3.05) is 13.7 Å². The number of methoxy groups -OCH3 is 1. The molecule has 0 atom stereocenters. The third-order valence-electron chi connectivity index (χ3n) is 4.05. The van der Waals surface area contributed by atoms with E-state index in [-0.39, 0.29) is 6.42 Å². The number of allylic oxidation sites excluding steroid dienone is 1. The van der Waals surface area contributed by atoms with Crippen LogP contribution >= 0.6 is 22.9 Å². The maximum atomic E-state index is 11.1. The molecule has 0 fully saturated rings. The zero-order valence-corrected chi connectivity index (χ0v) is 17.1. The quantitative estimate of drug-likeness (QED) is 0.504. The first-order chi connectivity index (χ1) is 13.5. The molecule has 0 unspecified atom stereocenters. The summed E-state index contributed by atoms with van der Waals surface area (Å²) in [6, 6.07) is 11.5. The number of carboxylic acid groups (broad SMARTS) is 1. The Hall–Kier alpha value is -2.57. The third-order valence-corrected chi connectivity index (χ3v) is 5.45. The van der Waals surface area contributed by atoms with E-state index >= 15 is 0 Å². The first-order valence-electron chi connectivity index (χ1n) is 8.80. The number of ether oxygens (including phenoxy) is 2. The Morgan fingerprint density at radius 1 is 1.29 bits per heavy atom. The number of aliphatic carboxylic acids is 1. The van der Waals surface area contributed by atoms with Crippen molar-refractivity contribution in [1.82, 2.24) is 4.98 Å². The zero-order chi connectivity index (χ0) is 20.1. The lowest BCUT2D eigenvalue weighted by molar-refractivity contribution is -0.136. The molecule has 146 valence electrons. The van der Waals surface area contributed by atoms with E-state index in [1.807, 2.05) is 43.3 Å². The molecule has 3 aromatic rings. The second kappa shape index (κ2) is 9.08. The van der Waals surface area contributed by atoms with Crippen molar-refractivity contribution >= 4 is 50.8 Å². The topological polar surface area (TPSA) is 68.7 Å². The van der Waals surface area contributed by atoms with Crippen LogP contribution < -0.4 is 9.47 Å². The molecule has 1 N–H and O–H groups in total. The molecule has 0 saturated carbocycles. The fourth-order valence-corrected chi connectivity index (χ4v) is 4.13. The van der Waals surface area contributed by atoms with Crippen molar-refractivity contribution in [2.45, 2.75) is 19.8 Å². The van der Waals surface area contributed by atoms with Crippen LogP contribution in [0.25, 0.3) is 21.9 Å². The number of para-hydroxylation sites is 1. The largest absolute Gasteiger partial charge is 0.491 e. The number of hydrogen-bond donors (Lipinski definition) is 1. The molecule has 2 aromatic carbocycles. The Balaban J connectivity index is 2.06. The van der Waals surface area contributed by atoms with Crippen molar-refractivity contribution in [1.29, 1.82) is 0 Å². The van der Waals surface area contributed by atoms with Crippen molar-refractivity contribution in [3.63, 3.8) is 0 Å². The van der Waals surface area contributed by atoms with Crippen LogP contribution in [0.5, 0.6) is 11.5 Å². The van der Waals surface area contributed by atoms with Gasteiger partial charge in [-0.25, -0.2) is 4.98 Å². The summed E-state index contributed by atoms with van der Waals surface area (Å²) in [5.74, 6) is 0.174. The molecule has 28 heavy (non-hydrogen) atoms. The molecule has 0 amide bonds. The maximum absolute atomic E-state index is 11.1. The second-order valence-corrected chi connectivity index (χ2v) is 7.46. The van der Waals surface area contributed by atoms with Gasteiger partial charge in [0.25, 0.3) is 0 Å². The summed E-state index contributed by atoms with van der Waals surface area (Å²) in [6.07, 6.45) is 2.29. The molecule has 0 saturated heterocycles. The number of aromatic nitrogens is 1. The summed E-state index contributed by atoms with van der Waals surface area (Å²) in [5.41, 5.74) is 2.53. The highest BCUT2D eigenvalue weighted by Crippen LogP contribution is 2.38. The first-order valence-corrected chi connectivity index (χ1v) is 10.00. The van der Waals surface area contributed by atoms with Gasteiger partial charge >= 0.3 is 5.97 Å². The Kier molecular flexibility index (Phi) is 6.54. The molecular formula is C21H20ClNO4S. The number of thiazole rings is 1. The van der Waals surface area contributed by atoms with Gasteiger partial charge in [-0.05, 0) is 54.8 Å². The Morgan fingerprint density at radius 2 is 2.07 bits per heavy atom. The fourth-order valence-electron chi connectivity index (χ4n) is 2.83. The number of carbonyl (C=O) groups is 1.